The Morgan fingerprint density at radius 1 is 1.20 bits per heavy atom. The number of hydrogen-bond acceptors (Lipinski definition) is 5. The Kier molecular flexibility index (Phi) is 5.97. The van der Waals surface area contributed by atoms with Crippen molar-refractivity contribution in [2.75, 3.05) is 25.0 Å². The summed E-state index contributed by atoms with van der Waals surface area (Å²) in [5.41, 5.74) is 1.93. The van der Waals surface area contributed by atoms with Gasteiger partial charge in [-0.2, -0.15) is 4.31 Å². The van der Waals surface area contributed by atoms with Crippen LogP contribution in [0, 0.1) is 13.8 Å². The number of anilines is 1. The third-order valence-electron chi connectivity index (χ3n) is 3.98. The summed E-state index contributed by atoms with van der Waals surface area (Å²) in [6, 6.07) is 4.68. The van der Waals surface area contributed by atoms with E-state index >= 15 is 0 Å². The van der Waals surface area contributed by atoms with Crippen LogP contribution in [-0.4, -0.2) is 43.8 Å². The number of amides is 1. The van der Waals surface area contributed by atoms with Crippen molar-refractivity contribution in [3.05, 3.63) is 40.4 Å². The molecule has 2 rings (SSSR count). The summed E-state index contributed by atoms with van der Waals surface area (Å²) in [5.74, 6) is -0.275. The van der Waals surface area contributed by atoms with E-state index in [1.54, 1.807) is 40.0 Å². The molecule has 0 unspecified atom stereocenters. The van der Waals surface area contributed by atoms with Crippen molar-refractivity contribution >= 4 is 32.4 Å². The summed E-state index contributed by atoms with van der Waals surface area (Å²) in [7, 11) is -1.97. The third-order valence-corrected chi connectivity index (χ3v) is 7.06. The lowest BCUT2D eigenvalue weighted by atomic mass is 10.1. The maximum Gasteiger partial charge on any atom is 0.260 e. The first kappa shape index (κ1) is 19.6. The number of carbonyl (C=O) groups excluding carboxylic acids is 1. The van der Waals surface area contributed by atoms with Crippen molar-refractivity contribution in [3.63, 3.8) is 0 Å². The molecule has 0 aliphatic heterocycles. The lowest BCUT2D eigenvalue weighted by molar-refractivity contribution is 0.0992. The van der Waals surface area contributed by atoms with Gasteiger partial charge in [-0.1, -0.05) is 19.9 Å². The van der Waals surface area contributed by atoms with E-state index in [1.165, 1.54) is 26.6 Å². The number of hydrogen-bond donors (Lipinski definition) is 0. The van der Waals surface area contributed by atoms with Crippen LogP contribution in [0.25, 0.3) is 0 Å². The zero-order valence-electron chi connectivity index (χ0n) is 15.1. The van der Waals surface area contributed by atoms with Gasteiger partial charge in [0.05, 0.1) is 10.6 Å². The standard InChI is InChI=1S/C17H23N3O3S2/c1-6-20(7-2)25(22,23)14-9-8-12(3)15(10-14)16(21)19(5)17-18-13(4)11-24-17/h8-11H,6-7H2,1-5H3. The lowest BCUT2D eigenvalue weighted by Gasteiger charge is -2.20. The maximum absolute atomic E-state index is 12.8. The molecule has 1 heterocycles. The molecule has 1 aromatic heterocycles. The molecule has 0 aliphatic rings. The predicted octanol–water partition coefficient (Wildman–Crippen LogP) is 3.07. The number of carbonyl (C=O) groups is 1. The Morgan fingerprint density at radius 3 is 2.36 bits per heavy atom. The molecule has 0 fully saturated rings. The Hall–Kier alpha value is -1.77. The fraction of sp³-hybridized carbons (Fsp3) is 0.412. The molecular formula is C17H23N3O3S2. The molecule has 1 amide bonds. The Morgan fingerprint density at radius 2 is 1.84 bits per heavy atom. The van der Waals surface area contributed by atoms with E-state index in [4.69, 9.17) is 0 Å². The topological polar surface area (TPSA) is 70.6 Å². The molecule has 2 aromatic rings. The molecule has 0 spiro atoms. The van der Waals surface area contributed by atoms with Gasteiger partial charge >= 0.3 is 0 Å². The highest BCUT2D eigenvalue weighted by atomic mass is 32.2. The van der Waals surface area contributed by atoms with Gasteiger partial charge in [-0.05, 0) is 31.5 Å². The average Bonchev–Trinajstić information content (AvgIpc) is 3.01. The second kappa shape index (κ2) is 7.63. The van der Waals surface area contributed by atoms with Gasteiger partial charge in [0.1, 0.15) is 0 Å². The minimum absolute atomic E-state index is 0.133. The molecule has 0 aliphatic carbocycles. The highest BCUT2D eigenvalue weighted by molar-refractivity contribution is 7.89. The molecule has 0 atom stereocenters. The molecule has 6 nitrogen and oxygen atoms in total. The summed E-state index contributed by atoms with van der Waals surface area (Å²) < 4.78 is 26.8. The predicted molar refractivity (Wildman–Crippen MR) is 101 cm³/mol. The van der Waals surface area contributed by atoms with Crippen molar-refractivity contribution in [1.29, 1.82) is 0 Å². The summed E-state index contributed by atoms with van der Waals surface area (Å²) in [4.78, 5) is 18.7. The lowest BCUT2D eigenvalue weighted by Crippen LogP contribution is -2.31. The first-order valence-corrected chi connectivity index (χ1v) is 10.3. The molecule has 1 aromatic carbocycles. The number of aromatic nitrogens is 1. The maximum atomic E-state index is 12.8. The fourth-order valence-electron chi connectivity index (χ4n) is 2.47. The molecule has 25 heavy (non-hydrogen) atoms. The van der Waals surface area contributed by atoms with Crippen molar-refractivity contribution in [3.8, 4) is 0 Å². The SMILES string of the molecule is CCN(CC)S(=O)(=O)c1ccc(C)c(C(=O)N(C)c2nc(C)cs2)c1. The van der Waals surface area contributed by atoms with Crippen LogP contribution in [0.1, 0.15) is 35.5 Å². The molecule has 8 heteroatoms. The normalized spacial score (nSPS) is 11.8. The van der Waals surface area contributed by atoms with Gasteiger partial charge in [0, 0.05) is 31.1 Å². The Labute approximate surface area is 153 Å². The zero-order chi connectivity index (χ0) is 18.8. The summed E-state index contributed by atoms with van der Waals surface area (Å²) in [6.07, 6.45) is 0. The van der Waals surface area contributed by atoms with E-state index in [-0.39, 0.29) is 10.8 Å². The molecule has 0 radical (unpaired) electrons. The number of sulfonamides is 1. The first-order valence-electron chi connectivity index (χ1n) is 8.03. The highest BCUT2D eigenvalue weighted by Crippen LogP contribution is 2.24. The largest absolute Gasteiger partial charge is 0.287 e. The monoisotopic (exact) mass is 381 g/mol. The summed E-state index contributed by atoms with van der Waals surface area (Å²) >= 11 is 1.38. The average molecular weight is 382 g/mol. The van der Waals surface area contributed by atoms with Crippen LogP contribution in [0.4, 0.5) is 5.13 Å². The van der Waals surface area contributed by atoms with E-state index in [0.717, 1.165) is 11.3 Å². The van der Waals surface area contributed by atoms with E-state index < -0.39 is 10.0 Å². The number of thiazole rings is 1. The minimum Gasteiger partial charge on any atom is -0.287 e. The van der Waals surface area contributed by atoms with Crippen molar-refractivity contribution in [2.45, 2.75) is 32.6 Å². The Bertz CT molecular complexity index is 871. The van der Waals surface area contributed by atoms with Crippen LogP contribution >= 0.6 is 11.3 Å². The van der Waals surface area contributed by atoms with Gasteiger partial charge in [-0.25, -0.2) is 13.4 Å². The number of rotatable bonds is 6. The second-order valence-corrected chi connectivity index (χ2v) is 8.48. The van der Waals surface area contributed by atoms with Gasteiger partial charge in [0.25, 0.3) is 5.91 Å². The molecular weight excluding hydrogens is 358 g/mol. The van der Waals surface area contributed by atoms with Crippen LogP contribution in [0.3, 0.4) is 0 Å². The molecule has 0 saturated heterocycles. The molecule has 0 bridgehead atoms. The summed E-state index contributed by atoms with van der Waals surface area (Å²) in [6.45, 7) is 8.01. The van der Waals surface area contributed by atoms with Gasteiger partial charge in [0.15, 0.2) is 5.13 Å². The second-order valence-electron chi connectivity index (χ2n) is 5.70. The van der Waals surface area contributed by atoms with E-state index in [0.29, 0.717) is 23.8 Å². The minimum atomic E-state index is -3.61. The highest BCUT2D eigenvalue weighted by Gasteiger charge is 2.25. The van der Waals surface area contributed by atoms with Crippen molar-refractivity contribution < 1.29 is 13.2 Å². The van der Waals surface area contributed by atoms with Gasteiger partial charge in [-0.3, -0.25) is 9.69 Å². The van der Waals surface area contributed by atoms with E-state index in [2.05, 4.69) is 4.98 Å². The number of nitrogens with zero attached hydrogens (tertiary/aromatic N) is 3. The molecule has 136 valence electrons. The van der Waals surface area contributed by atoms with Crippen LogP contribution in [-0.2, 0) is 10.0 Å². The number of aryl methyl sites for hydroxylation is 2. The molecule has 0 saturated carbocycles. The zero-order valence-corrected chi connectivity index (χ0v) is 16.7. The smallest absolute Gasteiger partial charge is 0.260 e. The van der Waals surface area contributed by atoms with E-state index in [1.807, 2.05) is 12.3 Å². The fourth-order valence-corrected chi connectivity index (χ4v) is 4.72. The van der Waals surface area contributed by atoms with E-state index in [9.17, 15) is 13.2 Å². The van der Waals surface area contributed by atoms with Gasteiger partial charge < -0.3 is 0 Å². The molecule has 0 N–H and O–H groups in total. The third kappa shape index (κ3) is 3.91. The van der Waals surface area contributed by atoms with Crippen LogP contribution in [0.15, 0.2) is 28.5 Å². The van der Waals surface area contributed by atoms with Crippen molar-refractivity contribution in [1.82, 2.24) is 9.29 Å². The Balaban J connectivity index is 2.44. The number of benzene rings is 1. The van der Waals surface area contributed by atoms with Gasteiger partial charge in [-0.15, -0.1) is 11.3 Å². The van der Waals surface area contributed by atoms with Crippen molar-refractivity contribution in [2.24, 2.45) is 0 Å². The van der Waals surface area contributed by atoms with Crippen LogP contribution in [0.5, 0.6) is 0 Å². The van der Waals surface area contributed by atoms with Crippen LogP contribution < -0.4 is 4.90 Å². The summed E-state index contributed by atoms with van der Waals surface area (Å²) in [5, 5.41) is 2.45. The quantitative estimate of drug-likeness (QED) is 0.771. The van der Waals surface area contributed by atoms with Crippen LogP contribution in [0.2, 0.25) is 0 Å². The van der Waals surface area contributed by atoms with Gasteiger partial charge in [0.2, 0.25) is 10.0 Å². The first-order chi connectivity index (χ1) is 11.7.